The number of anilines is 1. The van der Waals surface area contributed by atoms with Crippen LogP contribution in [0, 0.1) is 6.92 Å². The third kappa shape index (κ3) is 2.77. The summed E-state index contributed by atoms with van der Waals surface area (Å²) in [6.07, 6.45) is 0.388. The van der Waals surface area contributed by atoms with Crippen LogP contribution in [0.2, 0.25) is 0 Å². The van der Waals surface area contributed by atoms with E-state index in [1.807, 2.05) is 6.92 Å². The number of aryl methyl sites for hydroxylation is 1. The first-order valence-corrected chi connectivity index (χ1v) is 6.34. The molecule has 0 saturated heterocycles. The van der Waals surface area contributed by atoms with Crippen molar-refractivity contribution in [3.63, 3.8) is 0 Å². The molecule has 1 aromatic heterocycles. The molecular weight excluding hydrogens is 256 g/mol. The number of esters is 1. The molecule has 1 aromatic carbocycles. The van der Waals surface area contributed by atoms with Gasteiger partial charge in [-0.15, -0.1) is 0 Å². The van der Waals surface area contributed by atoms with Crippen LogP contribution >= 0.6 is 0 Å². The summed E-state index contributed by atoms with van der Waals surface area (Å²) in [5.41, 5.74) is 2.61. The van der Waals surface area contributed by atoms with Crippen molar-refractivity contribution in [2.75, 3.05) is 12.4 Å². The maximum Gasteiger partial charge on any atom is 0.337 e. The SMILES string of the molecule is CCC(=O)Nc1cc(C)nc2ccc(C(=O)OC)cc12. The molecule has 0 aliphatic heterocycles. The highest BCUT2D eigenvalue weighted by atomic mass is 16.5. The fourth-order valence-corrected chi connectivity index (χ4v) is 1.95. The molecule has 2 aromatic rings. The summed E-state index contributed by atoms with van der Waals surface area (Å²) in [6.45, 7) is 3.64. The molecule has 1 amide bonds. The van der Waals surface area contributed by atoms with Gasteiger partial charge in [0.25, 0.3) is 0 Å². The number of aromatic nitrogens is 1. The summed E-state index contributed by atoms with van der Waals surface area (Å²) in [5.74, 6) is -0.499. The second kappa shape index (κ2) is 5.69. The molecule has 5 heteroatoms. The Kier molecular flexibility index (Phi) is 3.98. The zero-order valence-corrected chi connectivity index (χ0v) is 11.7. The number of carbonyl (C=O) groups is 2. The number of carbonyl (C=O) groups excluding carboxylic acids is 2. The molecule has 1 N–H and O–H groups in total. The summed E-state index contributed by atoms with van der Waals surface area (Å²) >= 11 is 0. The first kappa shape index (κ1) is 14.0. The average molecular weight is 272 g/mol. The fraction of sp³-hybridized carbons (Fsp3) is 0.267. The summed E-state index contributed by atoms with van der Waals surface area (Å²) in [6, 6.07) is 6.87. The van der Waals surface area contributed by atoms with Gasteiger partial charge in [-0.25, -0.2) is 4.79 Å². The van der Waals surface area contributed by atoms with Crippen LogP contribution in [0.1, 0.15) is 29.4 Å². The first-order valence-electron chi connectivity index (χ1n) is 6.34. The predicted octanol–water partition coefficient (Wildman–Crippen LogP) is 2.68. The van der Waals surface area contributed by atoms with Crippen molar-refractivity contribution in [2.24, 2.45) is 0 Å². The van der Waals surface area contributed by atoms with Crippen LogP contribution in [0.3, 0.4) is 0 Å². The van der Waals surface area contributed by atoms with E-state index in [-0.39, 0.29) is 5.91 Å². The van der Waals surface area contributed by atoms with Crippen LogP contribution in [0.15, 0.2) is 24.3 Å². The average Bonchev–Trinajstić information content (AvgIpc) is 2.45. The van der Waals surface area contributed by atoms with Gasteiger partial charge in [-0.1, -0.05) is 6.92 Å². The molecule has 0 atom stereocenters. The summed E-state index contributed by atoms with van der Waals surface area (Å²) in [5, 5.41) is 3.55. The Hall–Kier alpha value is -2.43. The number of hydrogen-bond donors (Lipinski definition) is 1. The molecule has 5 nitrogen and oxygen atoms in total. The van der Waals surface area contributed by atoms with E-state index in [0.717, 1.165) is 16.6 Å². The number of ether oxygens (including phenoxy) is 1. The quantitative estimate of drug-likeness (QED) is 0.872. The Balaban J connectivity index is 2.58. The molecule has 0 saturated carbocycles. The minimum Gasteiger partial charge on any atom is -0.465 e. The van der Waals surface area contributed by atoms with Gasteiger partial charge in [0.15, 0.2) is 0 Å². The standard InChI is InChI=1S/C15H16N2O3/c1-4-14(18)17-13-7-9(2)16-12-6-5-10(8-11(12)13)15(19)20-3/h5-8H,4H2,1-3H3,(H,16,17,18). The van der Waals surface area contributed by atoms with Gasteiger partial charge in [0.2, 0.25) is 5.91 Å². The largest absolute Gasteiger partial charge is 0.465 e. The van der Waals surface area contributed by atoms with E-state index in [2.05, 4.69) is 10.3 Å². The van der Waals surface area contributed by atoms with Crippen molar-refractivity contribution >= 4 is 28.5 Å². The Morgan fingerprint density at radius 1 is 1.30 bits per heavy atom. The molecule has 0 unspecified atom stereocenters. The van der Waals surface area contributed by atoms with E-state index in [9.17, 15) is 9.59 Å². The van der Waals surface area contributed by atoms with Gasteiger partial charge in [0, 0.05) is 17.5 Å². The van der Waals surface area contributed by atoms with E-state index in [0.29, 0.717) is 17.7 Å². The summed E-state index contributed by atoms with van der Waals surface area (Å²) in [4.78, 5) is 27.6. The predicted molar refractivity (Wildman–Crippen MR) is 76.7 cm³/mol. The highest BCUT2D eigenvalue weighted by molar-refractivity contribution is 6.03. The van der Waals surface area contributed by atoms with Gasteiger partial charge in [-0.3, -0.25) is 9.78 Å². The molecule has 2 rings (SSSR count). The maximum atomic E-state index is 11.6. The maximum absolute atomic E-state index is 11.6. The third-order valence-corrected chi connectivity index (χ3v) is 2.95. The molecule has 0 fully saturated rings. The lowest BCUT2D eigenvalue weighted by Crippen LogP contribution is -2.10. The lowest BCUT2D eigenvalue weighted by Gasteiger charge is -2.10. The zero-order chi connectivity index (χ0) is 14.7. The second-order valence-corrected chi connectivity index (χ2v) is 4.44. The van der Waals surface area contributed by atoms with Crippen LogP contribution < -0.4 is 5.32 Å². The number of methoxy groups -OCH3 is 1. The van der Waals surface area contributed by atoms with Gasteiger partial charge >= 0.3 is 5.97 Å². The number of amides is 1. The normalized spacial score (nSPS) is 10.3. The second-order valence-electron chi connectivity index (χ2n) is 4.44. The van der Waals surface area contributed by atoms with Crippen molar-refractivity contribution in [1.82, 2.24) is 4.98 Å². The Morgan fingerprint density at radius 2 is 2.05 bits per heavy atom. The number of hydrogen-bond acceptors (Lipinski definition) is 4. The number of benzene rings is 1. The number of rotatable bonds is 3. The van der Waals surface area contributed by atoms with E-state index >= 15 is 0 Å². The van der Waals surface area contributed by atoms with Crippen LogP contribution in [0.4, 0.5) is 5.69 Å². The van der Waals surface area contributed by atoms with E-state index in [1.54, 1.807) is 31.2 Å². The van der Waals surface area contributed by atoms with Crippen molar-refractivity contribution < 1.29 is 14.3 Å². The molecule has 0 aliphatic rings. The number of fused-ring (bicyclic) bond motifs is 1. The molecule has 0 bridgehead atoms. The van der Waals surface area contributed by atoms with Gasteiger partial charge in [-0.05, 0) is 31.2 Å². The molecular formula is C15H16N2O3. The van der Waals surface area contributed by atoms with Crippen molar-refractivity contribution in [3.8, 4) is 0 Å². The highest BCUT2D eigenvalue weighted by Crippen LogP contribution is 2.25. The summed E-state index contributed by atoms with van der Waals surface area (Å²) in [7, 11) is 1.33. The minimum absolute atomic E-state index is 0.0830. The van der Waals surface area contributed by atoms with Gasteiger partial charge in [0.1, 0.15) is 0 Å². The lowest BCUT2D eigenvalue weighted by atomic mass is 10.1. The zero-order valence-electron chi connectivity index (χ0n) is 11.7. The minimum atomic E-state index is -0.416. The molecule has 0 aliphatic carbocycles. The molecule has 0 radical (unpaired) electrons. The molecule has 0 spiro atoms. The fourth-order valence-electron chi connectivity index (χ4n) is 1.95. The van der Waals surface area contributed by atoms with Crippen LogP contribution in [-0.2, 0) is 9.53 Å². The molecule has 20 heavy (non-hydrogen) atoms. The summed E-state index contributed by atoms with van der Waals surface area (Å²) < 4.78 is 4.70. The van der Waals surface area contributed by atoms with Crippen LogP contribution in [0.25, 0.3) is 10.9 Å². The van der Waals surface area contributed by atoms with E-state index in [1.165, 1.54) is 7.11 Å². The number of nitrogens with zero attached hydrogens (tertiary/aromatic N) is 1. The Morgan fingerprint density at radius 3 is 2.70 bits per heavy atom. The van der Waals surface area contributed by atoms with E-state index < -0.39 is 5.97 Å². The number of nitrogens with one attached hydrogen (secondary N) is 1. The monoisotopic (exact) mass is 272 g/mol. The van der Waals surface area contributed by atoms with Gasteiger partial charge in [-0.2, -0.15) is 0 Å². The Bertz CT molecular complexity index is 680. The van der Waals surface area contributed by atoms with Crippen molar-refractivity contribution in [2.45, 2.75) is 20.3 Å². The molecule has 104 valence electrons. The van der Waals surface area contributed by atoms with Crippen LogP contribution in [-0.4, -0.2) is 24.0 Å². The van der Waals surface area contributed by atoms with Crippen LogP contribution in [0.5, 0.6) is 0 Å². The third-order valence-electron chi connectivity index (χ3n) is 2.95. The molecule has 1 heterocycles. The smallest absolute Gasteiger partial charge is 0.337 e. The Labute approximate surface area is 117 Å². The van der Waals surface area contributed by atoms with E-state index in [4.69, 9.17) is 4.74 Å². The number of pyridine rings is 1. The van der Waals surface area contributed by atoms with Gasteiger partial charge in [0.05, 0.1) is 23.9 Å². The first-order chi connectivity index (χ1) is 9.55. The lowest BCUT2D eigenvalue weighted by molar-refractivity contribution is -0.115. The van der Waals surface area contributed by atoms with Gasteiger partial charge < -0.3 is 10.1 Å². The van der Waals surface area contributed by atoms with Crippen molar-refractivity contribution in [1.29, 1.82) is 0 Å². The van der Waals surface area contributed by atoms with Crippen molar-refractivity contribution in [3.05, 3.63) is 35.5 Å². The highest BCUT2D eigenvalue weighted by Gasteiger charge is 2.11. The topological polar surface area (TPSA) is 68.3 Å².